The van der Waals surface area contributed by atoms with Crippen LogP contribution in [0, 0.1) is 0 Å². The van der Waals surface area contributed by atoms with Crippen molar-refractivity contribution >= 4 is 47.3 Å². The standard InChI is InChI=1S/C44H71N5O18/c1-44(2,3)67-43(57)11-19-59-25-31-64-30-24-58-18-10-38(52)47(16-22-62-28-34-65-32-26-60-20-12-45-36(50)8-14-48-39(53)4-5-40(48)54)17-23-63-29-35-66-33-27-61-21-13-46-37(51)9-15-49-41(55)6-7-42(49)56/h4-7H,8-35H2,1-3H3,(H,45,50)(H,46,51). The highest BCUT2D eigenvalue weighted by atomic mass is 16.6. The van der Waals surface area contributed by atoms with Gasteiger partial charge in [-0.25, -0.2) is 0 Å². The maximum absolute atomic E-state index is 13.1. The van der Waals surface area contributed by atoms with Crippen molar-refractivity contribution in [1.82, 2.24) is 25.3 Å². The quantitative estimate of drug-likeness (QED) is 0.0420. The van der Waals surface area contributed by atoms with Crippen molar-refractivity contribution < 1.29 is 85.7 Å². The second-order valence-corrected chi connectivity index (χ2v) is 15.5. The van der Waals surface area contributed by atoms with Crippen LogP contribution in [0.15, 0.2) is 24.3 Å². The molecule has 2 rings (SSSR count). The van der Waals surface area contributed by atoms with E-state index in [-0.39, 0.29) is 122 Å². The van der Waals surface area contributed by atoms with Gasteiger partial charge in [0, 0.05) is 76.4 Å². The topological polar surface area (TPSA) is 263 Å². The van der Waals surface area contributed by atoms with E-state index in [0.717, 1.165) is 9.80 Å². The number of carbonyl (C=O) groups excluding carboxylic acids is 8. The van der Waals surface area contributed by atoms with Crippen LogP contribution in [0.1, 0.15) is 46.5 Å². The molecule has 0 bridgehead atoms. The van der Waals surface area contributed by atoms with Crippen molar-refractivity contribution in [2.24, 2.45) is 0 Å². The molecule has 23 heteroatoms. The van der Waals surface area contributed by atoms with Crippen LogP contribution < -0.4 is 10.6 Å². The lowest BCUT2D eigenvalue weighted by atomic mass is 10.2. The fourth-order valence-corrected chi connectivity index (χ4v) is 5.63. The van der Waals surface area contributed by atoms with Crippen LogP contribution in [-0.2, 0) is 85.7 Å². The first-order chi connectivity index (χ1) is 32.3. The van der Waals surface area contributed by atoms with E-state index in [1.54, 1.807) is 25.7 Å². The second-order valence-electron chi connectivity index (χ2n) is 15.5. The van der Waals surface area contributed by atoms with E-state index in [4.69, 9.17) is 47.4 Å². The molecule has 2 aliphatic rings. The molecule has 2 aliphatic heterocycles. The number of hydrogen-bond donors (Lipinski definition) is 2. The summed E-state index contributed by atoms with van der Waals surface area (Å²) < 4.78 is 55.1. The van der Waals surface area contributed by atoms with Crippen LogP contribution in [0.3, 0.4) is 0 Å². The molecule has 0 saturated carbocycles. The Labute approximate surface area is 392 Å². The van der Waals surface area contributed by atoms with Gasteiger partial charge in [-0.05, 0) is 20.8 Å². The summed E-state index contributed by atoms with van der Waals surface area (Å²) in [7, 11) is 0. The van der Waals surface area contributed by atoms with Gasteiger partial charge in [0.25, 0.3) is 23.6 Å². The van der Waals surface area contributed by atoms with Crippen LogP contribution in [0.2, 0.25) is 0 Å². The van der Waals surface area contributed by atoms with Crippen molar-refractivity contribution in [2.75, 3.05) is 158 Å². The van der Waals surface area contributed by atoms with Crippen LogP contribution in [-0.4, -0.2) is 226 Å². The summed E-state index contributed by atoms with van der Waals surface area (Å²) in [5.41, 5.74) is -0.537. The van der Waals surface area contributed by atoms with E-state index in [9.17, 15) is 38.4 Å². The number of ether oxygens (including phenoxy) is 10. The molecule has 0 aromatic heterocycles. The number of carbonyl (C=O) groups is 8. The summed E-state index contributed by atoms with van der Waals surface area (Å²) in [6.07, 6.45) is 5.01. The molecule has 67 heavy (non-hydrogen) atoms. The second kappa shape index (κ2) is 36.3. The van der Waals surface area contributed by atoms with Gasteiger partial charge in [0.15, 0.2) is 0 Å². The highest BCUT2D eigenvalue weighted by Gasteiger charge is 2.24. The van der Waals surface area contributed by atoms with Gasteiger partial charge in [0.05, 0.1) is 132 Å². The Morgan fingerprint density at radius 3 is 1.12 bits per heavy atom. The van der Waals surface area contributed by atoms with Crippen LogP contribution in [0.25, 0.3) is 0 Å². The number of rotatable bonds is 42. The fourth-order valence-electron chi connectivity index (χ4n) is 5.63. The minimum Gasteiger partial charge on any atom is -0.460 e. The van der Waals surface area contributed by atoms with Gasteiger partial charge in [0.2, 0.25) is 17.7 Å². The van der Waals surface area contributed by atoms with Crippen molar-refractivity contribution in [3.8, 4) is 0 Å². The number of hydrogen-bond acceptors (Lipinski definition) is 18. The fraction of sp³-hybridized carbons (Fsp3) is 0.727. The van der Waals surface area contributed by atoms with Crippen LogP contribution >= 0.6 is 0 Å². The number of esters is 1. The van der Waals surface area contributed by atoms with E-state index in [2.05, 4.69) is 10.6 Å². The zero-order valence-electron chi connectivity index (χ0n) is 39.3. The Morgan fingerprint density at radius 1 is 0.448 bits per heavy atom. The summed E-state index contributed by atoms with van der Waals surface area (Å²) in [4.78, 5) is 98.6. The molecule has 0 spiro atoms. The van der Waals surface area contributed by atoms with Crippen molar-refractivity contribution in [3.05, 3.63) is 24.3 Å². The third-order valence-electron chi connectivity index (χ3n) is 8.99. The molecule has 0 unspecified atom stereocenters. The first kappa shape index (κ1) is 58.4. The van der Waals surface area contributed by atoms with Gasteiger partial charge < -0.3 is 62.9 Å². The lowest BCUT2D eigenvalue weighted by Crippen LogP contribution is -2.37. The summed E-state index contributed by atoms with van der Waals surface area (Å²) in [6, 6.07) is 0. The zero-order chi connectivity index (χ0) is 49.0. The van der Waals surface area contributed by atoms with Gasteiger partial charge in [-0.2, -0.15) is 0 Å². The van der Waals surface area contributed by atoms with Gasteiger partial charge in [-0.3, -0.25) is 48.2 Å². The summed E-state index contributed by atoms with van der Waals surface area (Å²) in [5.74, 6) is -2.76. The third-order valence-corrected chi connectivity index (χ3v) is 8.99. The summed E-state index contributed by atoms with van der Waals surface area (Å²) in [5, 5.41) is 5.34. The minimum atomic E-state index is -0.537. The SMILES string of the molecule is CC(C)(C)OC(=O)CCOCCOCCOCCC(=O)N(CCOCCOCCOCCNC(=O)CCN1C(=O)C=CC1=O)CCOCCOCCOCCNC(=O)CCN1C(=O)C=CC1=O. The molecule has 0 atom stereocenters. The molecule has 2 heterocycles. The Bertz CT molecular complexity index is 1450. The smallest absolute Gasteiger partial charge is 0.308 e. The Morgan fingerprint density at radius 2 is 0.761 bits per heavy atom. The van der Waals surface area contributed by atoms with E-state index in [0.29, 0.717) is 85.8 Å². The average molecular weight is 958 g/mol. The van der Waals surface area contributed by atoms with Crippen molar-refractivity contribution in [3.63, 3.8) is 0 Å². The Hall–Kier alpha value is -4.72. The lowest BCUT2D eigenvalue weighted by Gasteiger charge is -2.23. The maximum atomic E-state index is 13.1. The number of nitrogens with zero attached hydrogens (tertiary/aromatic N) is 3. The molecule has 7 amide bonds. The average Bonchev–Trinajstić information content (AvgIpc) is 3.79. The van der Waals surface area contributed by atoms with Gasteiger partial charge in [0.1, 0.15) is 5.60 Å². The lowest BCUT2D eigenvalue weighted by molar-refractivity contribution is -0.156. The molecule has 0 aromatic carbocycles. The van der Waals surface area contributed by atoms with Gasteiger partial charge in [-0.15, -0.1) is 0 Å². The molecule has 0 aliphatic carbocycles. The monoisotopic (exact) mass is 957 g/mol. The van der Waals surface area contributed by atoms with E-state index >= 15 is 0 Å². The van der Waals surface area contributed by atoms with Crippen molar-refractivity contribution in [1.29, 1.82) is 0 Å². The molecular weight excluding hydrogens is 887 g/mol. The number of nitrogens with one attached hydrogen (secondary N) is 2. The van der Waals surface area contributed by atoms with Gasteiger partial charge >= 0.3 is 5.97 Å². The highest BCUT2D eigenvalue weighted by Crippen LogP contribution is 2.08. The van der Waals surface area contributed by atoms with Crippen molar-refractivity contribution in [2.45, 2.75) is 52.1 Å². The van der Waals surface area contributed by atoms with Crippen LogP contribution in [0.5, 0.6) is 0 Å². The highest BCUT2D eigenvalue weighted by molar-refractivity contribution is 6.13. The number of amides is 7. The molecule has 0 radical (unpaired) electrons. The van der Waals surface area contributed by atoms with E-state index < -0.39 is 29.2 Å². The summed E-state index contributed by atoms with van der Waals surface area (Å²) in [6.45, 7) is 11.8. The Kier molecular flexibility index (Phi) is 31.7. The minimum absolute atomic E-state index is 0.00623. The predicted molar refractivity (Wildman–Crippen MR) is 236 cm³/mol. The maximum Gasteiger partial charge on any atom is 0.308 e. The third kappa shape index (κ3) is 30.3. The van der Waals surface area contributed by atoms with Gasteiger partial charge in [-0.1, -0.05) is 0 Å². The molecule has 0 saturated heterocycles. The first-order valence-electron chi connectivity index (χ1n) is 22.6. The largest absolute Gasteiger partial charge is 0.460 e. The first-order valence-corrected chi connectivity index (χ1v) is 22.6. The van der Waals surface area contributed by atoms with E-state index in [1.165, 1.54) is 24.3 Å². The molecular formula is C44H71N5O18. The molecule has 23 nitrogen and oxygen atoms in total. The zero-order valence-corrected chi connectivity index (χ0v) is 39.3. The predicted octanol–water partition coefficient (Wildman–Crippen LogP) is -1.05. The normalized spacial score (nSPS) is 13.6. The summed E-state index contributed by atoms with van der Waals surface area (Å²) >= 11 is 0. The molecule has 2 N–H and O–H groups in total. The van der Waals surface area contributed by atoms with Crippen LogP contribution in [0.4, 0.5) is 0 Å². The molecule has 380 valence electrons. The number of imide groups is 2. The molecule has 0 aromatic rings. The Balaban J connectivity index is 1.53. The molecule has 0 fully saturated rings. The van der Waals surface area contributed by atoms with E-state index in [1.807, 2.05) is 0 Å².